The van der Waals surface area contributed by atoms with Gasteiger partial charge in [0.05, 0.1) is 17.5 Å². The van der Waals surface area contributed by atoms with Gasteiger partial charge in [0.1, 0.15) is 17.5 Å². The Bertz CT molecular complexity index is 1180. The molecule has 0 radical (unpaired) electrons. The van der Waals surface area contributed by atoms with Gasteiger partial charge < -0.3 is 5.32 Å². The third kappa shape index (κ3) is 4.15. The molecule has 152 valence electrons. The summed E-state index contributed by atoms with van der Waals surface area (Å²) in [6.45, 7) is 3.91. The SMILES string of the molecule is CCSc1ccccc1C(=O)Nc1cnc(C)n1-c1nc(-c2ccc(F)cc2)cs1. The summed E-state index contributed by atoms with van der Waals surface area (Å²) in [5.41, 5.74) is 2.19. The molecule has 0 bridgehead atoms. The number of amides is 1. The lowest BCUT2D eigenvalue weighted by atomic mass is 10.2. The van der Waals surface area contributed by atoms with E-state index in [1.54, 1.807) is 30.1 Å². The standard InChI is InChI=1S/C22H19FN4OS2/c1-3-29-19-7-5-4-6-17(19)21(28)26-20-12-24-14(2)27(20)22-25-18(13-30-22)15-8-10-16(23)11-9-15/h4-13H,3H2,1-2H3,(H,26,28). The minimum absolute atomic E-state index is 0.192. The van der Waals surface area contributed by atoms with Gasteiger partial charge in [0, 0.05) is 15.8 Å². The second-order valence-electron chi connectivity index (χ2n) is 6.43. The first kappa shape index (κ1) is 20.3. The number of imidazole rings is 1. The van der Waals surface area contributed by atoms with Gasteiger partial charge in [-0.2, -0.15) is 0 Å². The third-order valence-electron chi connectivity index (χ3n) is 4.43. The lowest BCUT2D eigenvalue weighted by Gasteiger charge is -2.11. The molecule has 2 heterocycles. The number of hydrogen-bond acceptors (Lipinski definition) is 5. The van der Waals surface area contributed by atoms with Crippen molar-refractivity contribution in [3.63, 3.8) is 0 Å². The fourth-order valence-electron chi connectivity index (χ4n) is 3.01. The molecule has 0 unspecified atom stereocenters. The maximum Gasteiger partial charge on any atom is 0.257 e. The largest absolute Gasteiger partial charge is 0.306 e. The first-order valence-electron chi connectivity index (χ1n) is 9.36. The van der Waals surface area contributed by atoms with Crippen molar-refractivity contribution in [1.82, 2.24) is 14.5 Å². The number of thioether (sulfide) groups is 1. The molecule has 0 aliphatic carbocycles. The van der Waals surface area contributed by atoms with E-state index in [2.05, 4.69) is 22.2 Å². The lowest BCUT2D eigenvalue weighted by Crippen LogP contribution is -2.16. The summed E-state index contributed by atoms with van der Waals surface area (Å²) in [7, 11) is 0. The zero-order valence-electron chi connectivity index (χ0n) is 16.4. The van der Waals surface area contributed by atoms with E-state index < -0.39 is 0 Å². The first-order valence-corrected chi connectivity index (χ1v) is 11.2. The molecule has 2 aromatic heterocycles. The van der Waals surface area contributed by atoms with Crippen LogP contribution in [0.15, 0.2) is 65.0 Å². The molecular weight excluding hydrogens is 419 g/mol. The number of nitrogens with zero attached hydrogens (tertiary/aromatic N) is 3. The Morgan fingerprint density at radius 1 is 1.20 bits per heavy atom. The fourth-order valence-corrected chi connectivity index (χ4v) is 4.71. The molecule has 4 rings (SSSR count). The van der Waals surface area contributed by atoms with Crippen LogP contribution in [0.2, 0.25) is 0 Å². The number of halogens is 1. The Kier molecular flexibility index (Phi) is 5.96. The minimum Gasteiger partial charge on any atom is -0.306 e. The number of hydrogen-bond donors (Lipinski definition) is 1. The van der Waals surface area contributed by atoms with Crippen LogP contribution in [0.4, 0.5) is 10.2 Å². The highest BCUT2D eigenvalue weighted by Crippen LogP contribution is 2.28. The topological polar surface area (TPSA) is 59.8 Å². The molecule has 0 atom stereocenters. The highest BCUT2D eigenvalue weighted by Gasteiger charge is 2.17. The van der Waals surface area contributed by atoms with E-state index in [1.165, 1.54) is 23.5 Å². The molecule has 4 aromatic rings. The predicted molar refractivity (Wildman–Crippen MR) is 120 cm³/mol. The molecule has 2 aromatic carbocycles. The average Bonchev–Trinajstić information content (AvgIpc) is 3.36. The Morgan fingerprint density at radius 3 is 2.73 bits per heavy atom. The van der Waals surface area contributed by atoms with Crippen LogP contribution in [0, 0.1) is 12.7 Å². The van der Waals surface area contributed by atoms with Crippen LogP contribution in [-0.4, -0.2) is 26.2 Å². The second-order valence-corrected chi connectivity index (χ2v) is 8.57. The number of carbonyl (C=O) groups excluding carboxylic acids is 1. The van der Waals surface area contributed by atoms with Crippen LogP contribution in [0.5, 0.6) is 0 Å². The van der Waals surface area contributed by atoms with Gasteiger partial charge in [-0.1, -0.05) is 19.1 Å². The normalized spacial score (nSPS) is 10.9. The Hall–Kier alpha value is -2.97. The summed E-state index contributed by atoms with van der Waals surface area (Å²) < 4.78 is 15.0. The van der Waals surface area contributed by atoms with Crippen LogP contribution in [0.1, 0.15) is 23.1 Å². The smallest absolute Gasteiger partial charge is 0.257 e. The van der Waals surface area contributed by atoms with Crippen LogP contribution in [0.25, 0.3) is 16.4 Å². The van der Waals surface area contributed by atoms with E-state index in [-0.39, 0.29) is 11.7 Å². The number of nitrogens with one attached hydrogen (secondary N) is 1. The Balaban J connectivity index is 1.63. The Labute approximate surface area is 182 Å². The van der Waals surface area contributed by atoms with Crippen LogP contribution < -0.4 is 5.32 Å². The number of aromatic nitrogens is 3. The minimum atomic E-state index is -0.286. The average molecular weight is 439 g/mol. The summed E-state index contributed by atoms with van der Waals surface area (Å²) >= 11 is 3.06. The van der Waals surface area contributed by atoms with Crippen LogP contribution in [0.3, 0.4) is 0 Å². The van der Waals surface area contributed by atoms with E-state index in [1.807, 2.05) is 41.1 Å². The molecule has 30 heavy (non-hydrogen) atoms. The van der Waals surface area contributed by atoms with E-state index >= 15 is 0 Å². The van der Waals surface area contributed by atoms with Crippen LogP contribution in [-0.2, 0) is 0 Å². The monoisotopic (exact) mass is 438 g/mol. The maximum absolute atomic E-state index is 13.2. The van der Waals surface area contributed by atoms with E-state index in [0.29, 0.717) is 22.3 Å². The number of anilines is 1. The molecule has 0 spiro atoms. The molecular formula is C22H19FN4OS2. The van der Waals surface area contributed by atoms with Gasteiger partial charge in [0.25, 0.3) is 5.91 Å². The van der Waals surface area contributed by atoms with Gasteiger partial charge in [-0.15, -0.1) is 23.1 Å². The van der Waals surface area contributed by atoms with Gasteiger partial charge in [0.2, 0.25) is 0 Å². The molecule has 0 saturated carbocycles. The van der Waals surface area contributed by atoms with Crippen molar-refractivity contribution in [2.75, 3.05) is 11.1 Å². The number of benzene rings is 2. The molecule has 8 heteroatoms. The number of thiazole rings is 1. The van der Waals surface area contributed by atoms with Gasteiger partial charge in [-0.05, 0) is 49.1 Å². The quantitative estimate of drug-likeness (QED) is 0.386. The molecule has 1 N–H and O–H groups in total. The lowest BCUT2D eigenvalue weighted by molar-refractivity contribution is 0.102. The summed E-state index contributed by atoms with van der Waals surface area (Å²) in [5, 5.41) is 5.55. The molecule has 0 fully saturated rings. The van der Waals surface area contributed by atoms with Crippen molar-refractivity contribution in [2.24, 2.45) is 0 Å². The molecule has 0 aliphatic heterocycles. The summed E-state index contributed by atoms with van der Waals surface area (Å²) in [4.78, 5) is 22.9. The van der Waals surface area contributed by atoms with Gasteiger partial charge >= 0.3 is 0 Å². The van der Waals surface area contributed by atoms with E-state index in [9.17, 15) is 9.18 Å². The van der Waals surface area contributed by atoms with E-state index in [4.69, 9.17) is 0 Å². The zero-order valence-corrected chi connectivity index (χ0v) is 18.1. The first-order chi connectivity index (χ1) is 14.6. The van der Waals surface area contributed by atoms with Gasteiger partial charge in [-0.25, -0.2) is 14.4 Å². The highest BCUT2D eigenvalue weighted by molar-refractivity contribution is 7.99. The Morgan fingerprint density at radius 2 is 1.97 bits per heavy atom. The van der Waals surface area contributed by atoms with Gasteiger partial charge in [-0.3, -0.25) is 9.36 Å². The molecule has 1 amide bonds. The number of carbonyl (C=O) groups is 1. The highest BCUT2D eigenvalue weighted by atomic mass is 32.2. The maximum atomic E-state index is 13.2. The third-order valence-corrected chi connectivity index (χ3v) is 6.22. The van der Waals surface area contributed by atoms with Crippen molar-refractivity contribution < 1.29 is 9.18 Å². The fraction of sp³-hybridized carbons (Fsp3) is 0.136. The summed E-state index contributed by atoms with van der Waals surface area (Å²) in [5.74, 6) is 1.66. The second kappa shape index (κ2) is 8.81. The van der Waals surface area contributed by atoms with Gasteiger partial charge in [0.15, 0.2) is 5.13 Å². The van der Waals surface area contributed by atoms with Crippen molar-refractivity contribution in [2.45, 2.75) is 18.7 Å². The predicted octanol–water partition coefficient (Wildman–Crippen LogP) is 5.81. The molecule has 0 saturated heterocycles. The van der Waals surface area contributed by atoms with E-state index in [0.717, 1.165) is 21.9 Å². The van der Waals surface area contributed by atoms with Crippen molar-refractivity contribution in [3.05, 3.63) is 77.3 Å². The van der Waals surface area contributed by atoms with Crippen molar-refractivity contribution in [3.8, 4) is 16.4 Å². The summed E-state index contributed by atoms with van der Waals surface area (Å²) in [6.07, 6.45) is 1.63. The molecule has 0 aliphatic rings. The van der Waals surface area contributed by atoms with Crippen LogP contribution >= 0.6 is 23.1 Å². The zero-order chi connectivity index (χ0) is 21.1. The molecule has 5 nitrogen and oxygen atoms in total. The number of rotatable bonds is 6. The number of aryl methyl sites for hydroxylation is 1. The van der Waals surface area contributed by atoms with Crippen molar-refractivity contribution >= 4 is 34.8 Å². The van der Waals surface area contributed by atoms with Crippen molar-refractivity contribution in [1.29, 1.82) is 0 Å². The summed E-state index contributed by atoms with van der Waals surface area (Å²) in [6, 6.07) is 13.8.